The number of aromatic nitrogens is 2. The first-order chi connectivity index (χ1) is 17.0. The van der Waals surface area contributed by atoms with Crippen LogP contribution in [0.1, 0.15) is 17.3 Å². The van der Waals surface area contributed by atoms with Crippen molar-refractivity contribution >= 4 is 17.5 Å². The average molecular weight is 476 g/mol. The van der Waals surface area contributed by atoms with E-state index in [9.17, 15) is 14.4 Å². The highest BCUT2D eigenvalue weighted by Gasteiger charge is 2.21. The Kier molecular flexibility index (Phi) is 7.57. The number of ether oxygens (including phenoxy) is 1. The summed E-state index contributed by atoms with van der Waals surface area (Å²) in [4.78, 5) is 41.8. The Balaban J connectivity index is 1.39. The number of piperazine rings is 1. The number of benzene rings is 2. The van der Waals surface area contributed by atoms with Crippen LogP contribution in [0.15, 0.2) is 65.5 Å². The molecule has 1 aliphatic heterocycles. The van der Waals surface area contributed by atoms with Crippen molar-refractivity contribution in [3.8, 4) is 17.0 Å². The number of carbonyl (C=O) groups excluding carboxylic acids is 2. The second-order valence-electron chi connectivity index (χ2n) is 8.30. The maximum absolute atomic E-state index is 12.8. The number of nitrogens with one attached hydrogen (secondary N) is 1. The van der Waals surface area contributed by atoms with Crippen molar-refractivity contribution in [3.05, 3.63) is 76.6 Å². The molecule has 3 aromatic rings. The first-order valence-electron chi connectivity index (χ1n) is 11.6. The number of methoxy groups -OCH3 is 1. The summed E-state index contributed by atoms with van der Waals surface area (Å²) in [5.41, 5.74) is 2.07. The van der Waals surface area contributed by atoms with Crippen LogP contribution in [0.5, 0.6) is 5.75 Å². The predicted octanol–water partition coefficient (Wildman–Crippen LogP) is 2.34. The topological polar surface area (TPSA) is 96.8 Å². The van der Waals surface area contributed by atoms with Gasteiger partial charge in [0.2, 0.25) is 5.91 Å². The van der Waals surface area contributed by atoms with Gasteiger partial charge in [0, 0.05) is 49.1 Å². The number of carbonyl (C=O) groups is 2. The van der Waals surface area contributed by atoms with Gasteiger partial charge in [-0.05, 0) is 49.0 Å². The van der Waals surface area contributed by atoms with Crippen molar-refractivity contribution in [2.45, 2.75) is 13.5 Å². The molecule has 0 saturated carbocycles. The van der Waals surface area contributed by atoms with E-state index in [1.165, 1.54) is 6.07 Å². The Morgan fingerprint density at radius 2 is 1.74 bits per heavy atom. The van der Waals surface area contributed by atoms with Gasteiger partial charge in [0.25, 0.3) is 11.5 Å². The zero-order valence-corrected chi connectivity index (χ0v) is 19.9. The zero-order valence-electron chi connectivity index (χ0n) is 19.9. The number of likely N-dealkylation sites (N-methyl/N-ethyl adjacent to an activating group) is 1. The van der Waals surface area contributed by atoms with Gasteiger partial charge in [-0.1, -0.05) is 19.1 Å². The number of rotatable bonds is 7. The van der Waals surface area contributed by atoms with Crippen LogP contribution >= 0.6 is 0 Å². The fourth-order valence-electron chi connectivity index (χ4n) is 3.98. The minimum absolute atomic E-state index is 0.0104. The summed E-state index contributed by atoms with van der Waals surface area (Å²) in [6.45, 7) is 6.05. The second kappa shape index (κ2) is 11.0. The Morgan fingerprint density at radius 3 is 2.43 bits per heavy atom. The molecule has 9 nitrogen and oxygen atoms in total. The Bertz CT molecular complexity index is 1250. The van der Waals surface area contributed by atoms with Gasteiger partial charge in [0.15, 0.2) is 0 Å². The fourth-order valence-corrected chi connectivity index (χ4v) is 3.98. The van der Waals surface area contributed by atoms with Crippen LogP contribution < -0.4 is 15.6 Å². The van der Waals surface area contributed by atoms with Crippen molar-refractivity contribution in [1.82, 2.24) is 19.6 Å². The number of amides is 2. The van der Waals surface area contributed by atoms with Gasteiger partial charge in [0.05, 0.1) is 12.8 Å². The first-order valence-corrected chi connectivity index (χ1v) is 11.6. The predicted molar refractivity (Wildman–Crippen MR) is 134 cm³/mol. The highest BCUT2D eigenvalue weighted by Crippen LogP contribution is 2.21. The third kappa shape index (κ3) is 5.93. The van der Waals surface area contributed by atoms with Gasteiger partial charge in [0.1, 0.15) is 12.3 Å². The lowest BCUT2D eigenvalue weighted by atomic mass is 10.1. The Morgan fingerprint density at radius 1 is 1.00 bits per heavy atom. The van der Waals surface area contributed by atoms with E-state index in [1.807, 2.05) is 29.2 Å². The maximum Gasteiger partial charge on any atom is 0.267 e. The van der Waals surface area contributed by atoms with Crippen molar-refractivity contribution in [2.24, 2.45) is 0 Å². The van der Waals surface area contributed by atoms with Crippen LogP contribution in [0.2, 0.25) is 0 Å². The standard InChI is InChI=1S/C26H29N5O4/c1-3-29-13-15-30(16-14-29)26(34)19-7-9-21(10-8-19)27-24(32)18-31-25(33)12-11-23(28-31)20-5-4-6-22(17-20)35-2/h4-12,17H,3,13-16,18H2,1-2H3,(H,27,32). The minimum atomic E-state index is -0.392. The average Bonchev–Trinajstić information content (AvgIpc) is 2.90. The molecule has 0 unspecified atom stereocenters. The molecule has 1 aromatic heterocycles. The van der Waals surface area contributed by atoms with E-state index in [2.05, 4.69) is 22.2 Å². The lowest BCUT2D eigenvalue weighted by Gasteiger charge is -2.34. The second-order valence-corrected chi connectivity index (χ2v) is 8.30. The molecule has 1 fully saturated rings. The molecule has 0 aliphatic carbocycles. The van der Waals surface area contributed by atoms with E-state index in [0.717, 1.165) is 29.9 Å². The fraction of sp³-hybridized carbons (Fsp3) is 0.308. The third-order valence-corrected chi connectivity index (χ3v) is 6.05. The highest BCUT2D eigenvalue weighted by atomic mass is 16.5. The number of anilines is 1. The van der Waals surface area contributed by atoms with Gasteiger partial charge >= 0.3 is 0 Å². The van der Waals surface area contributed by atoms with Crippen LogP contribution in [0, 0.1) is 0 Å². The largest absolute Gasteiger partial charge is 0.497 e. The van der Waals surface area contributed by atoms with Crippen LogP contribution in [0.3, 0.4) is 0 Å². The monoisotopic (exact) mass is 475 g/mol. The molecule has 1 aliphatic rings. The van der Waals surface area contributed by atoms with Crippen molar-refractivity contribution < 1.29 is 14.3 Å². The normalized spacial score (nSPS) is 13.9. The summed E-state index contributed by atoms with van der Waals surface area (Å²) in [6, 6.07) is 17.1. The van der Waals surface area contributed by atoms with Crippen LogP contribution in [0.25, 0.3) is 11.3 Å². The SMILES string of the molecule is CCN1CCN(C(=O)c2ccc(NC(=O)Cn3nc(-c4cccc(OC)c4)ccc3=O)cc2)CC1. The van der Waals surface area contributed by atoms with E-state index < -0.39 is 5.91 Å². The molecular formula is C26H29N5O4. The lowest BCUT2D eigenvalue weighted by molar-refractivity contribution is -0.117. The molecule has 0 spiro atoms. The molecule has 2 amide bonds. The van der Waals surface area contributed by atoms with Gasteiger partial charge < -0.3 is 19.9 Å². The minimum Gasteiger partial charge on any atom is -0.497 e. The summed E-state index contributed by atoms with van der Waals surface area (Å²) in [7, 11) is 1.58. The summed E-state index contributed by atoms with van der Waals surface area (Å²) >= 11 is 0. The lowest BCUT2D eigenvalue weighted by Crippen LogP contribution is -2.48. The van der Waals surface area contributed by atoms with Crippen molar-refractivity contribution in [3.63, 3.8) is 0 Å². The van der Waals surface area contributed by atoms with Gasteiger partial charge in [-0.15, -0.1) is 0 Å². The quantitative estimate of drug-likeness (QED) is 0.564. The zero-order chi connectivity index (χ0) is 24.8. The van der Waals surface area contributed by atoms with Gasteiger partial charge in [-0.3, -0.25) is 14.4 Å². The summed E-state index contributed by atoms with van der Waals surface area (Å²) in [5.74, 6) is 0.269. The maximum atomic E-state index is 12.8. The van der Waals surface area contributed by atoms with Gasteiger partial charge in [-0.25, -0.2) is 4.68 Å². The molecule has 9 heteroatoms. The third-order valence-electron chi connectivity index (χ3n) is 6.05. The first kappa shape index (κ1) is 24.2. The van der Waals surface area contributed by atoms with Crippen LogP contribution in [-0.2, 0) is 11.3 Å². The summed E-state index contributed by atoms with van der Waals surface area (Å²) in [5, 5.41) is 7.10. The molecule has 1 N–H and O–H groups in total. The van der Waals surface area contributed by atoms with E-state index in [0.29, 0.717) is 35.8 Å². The van der Waals surface area contributed by atoms with Crippen LogP contribution in [-0.4, -0.2) is 71.2 Å². The molecular weight excluding hydrogens is 446 g/mol. The molecule has 2 aromatic carbocycles. The van der Waals surface area contributed by atoms with E-state index in [-0.39, 0.29) is 18.0 Å². The summed E-state index contributed by atoms with van der Waals surface area (Å²) < 4.78 is 6.36. The van der Waals surface area contributed by atoms with E-state index in [1.54, 1.807) is 37.4 Å². The number of hydrogen-bond acceptors (Lipinski definition) is 6. The Labute approximate surface area is 203 Å². The van der Waals surface area contributed by atoms with Crippen molar-refractivity contribution in [2.75, 3.05) is 45.2 Å². The molecule has 0 radical (unpaired) electrons. The Hall–Kier alpha value is -3.98. The molecule has 182 valence electrons. The summed E-state index contributed by atoms with van der Waals surface area (Å²) in [6.07, 6.45) is 0. The number of nitrogens with zero attached hydrogens (tertiary/aromatic N) is 4. The molecule has 35 heavy (non-hydrogen) atoms. The number of hydrogen-bond donors (Lipinski definition) is 1. The van der Waals surface area contributed by atoms with Crippen molar-refractivity contribution in [1.29, 1.82) is 0 Å². The smallest absolute Gasteiger partial charge is 0.267 e. The molecule has 4 rings (SSSR count). The molecule has 0 atom stereocenters. The van der Waals surface area contributed by atoms with Crippen LogP contribution in [0.4, 0.5) is 5.69 Å². The molecule has 1 saturated heterocycles. The molecule has 0 bridgehead atoms. The molecule has 2 heterocycles. The van der Waals surface area contributed by atoms with E-state index >= 15 is 0 Å². The van der Waals surface area contributed by atoms with Gasteiger partial charge in [-0.2, -0.15) is 5.10 Å². The highest BCUT2D eigenvalue weighted by molar-refractivity contribution is 5.95. The van der Waals surface area contributed by atoms with E-state index in [4.69, 9.17) is 4.74 Å².